The Balaban J connectivity index is 2.86. The molecule has 0 atom stereocenters. The Morgan fingerprint density at radius 1 is 1.59 bits per heavy atom. The third kappa shape index (κ3) is 3.83. The molecule has 94 valence electrons. The third-order valence-corrected chi connectivity index (χ3v) is 2.33. The zero-order valence-corrected chi connectivity index (χ0v) is 10.4. The third-order valence-electron chi connectivity index (χ3n) is 2.00. The van der Waals surface area contributed by atoms with E-state index >= 15 is 0 Å². The maximum absolute atomic E-state index is 11.9. The number of hydrogen-bond acceptors (Lipinski definition) is 5. The van der Waals surface area contributed by atoms with E-state index < -0.39 is 5.97 Å². The van der Waals surface area contributed by atoms with Crippen LogP contribution in [-0.4, -0.2) is 29.5 Å². The minimum absolute atomic E-state index is 0.0522. The molecular weight excluding hydrogens is 248 g/mol. The molecule has 0 aliphatic rings. The van der Waals surface area contributed by atoms with Crippen molar-refractivity contribution in [1.29, 1.82) is 0 Å². The number of methoxy groups -OCH3 is 1. The molecule has 0 bridgehead atoms. The minimum Gasteiger partial charge on any atom is -0.466 e. The van der Waals surface area contributed by atoms with Crippen LogP contribution in [0.4, 0.5) is 0 Å². The number of aromatic nitrogens is 2. The molecule has 0 aliphatic carbocycles. The van der Waals surface area contributed by atoms with Crippen molar-refractivity contribution in [3.05, 3.63) is 27.1 Å². The number of carbonyl (C=O) groups excluding carboxylic acids is 1. The summed E-state index contributed by atoms with van der Waals surface area (Å²) in [5.41, 5.74) is 0.0199. The highest BCUT2D eigenvalue weighted by Crippen LogP contribution is 2.10. The van der Waals surface area contributed by atoms with Gasteiger partial charge in [0.15, 0.2) is 0 Å². The molecular formula is C10H13ClN2O4. The van der Waals surface area contributed by atoms with Crippen LogP contribution in [0.15, 0.2) is 11.0 Å². The molecule has 1 aromatic rings. The lowest BCUT2D eigenvalue weighted by molar-refractivity contribution is -0.140. The molecule has 0 saturated heterocycles. The van der Waals surface area contributed by atoms with Crippen molar-refractivity contribution in [2.45, 2.75) is 20.1 Å². The predicted molar refractivity (Wildman–Crippen MR) is 60.9 cm³/mol. The SMILES string of the molecule is COCn1ncc(Cl)c(CCOC(C)=O)c1=O. The monoisotopic (exact) mass is 260 g/mol. The molecule has 0 unspecified atom stereocenters. The van der Waals surface area contributed by atoms with Crippen LogP contribution in [0.5, 0.6) is 0 Å². The largest absolute Gasteiger partial charge is 0.466 e. The summed E-state index contributed by atoms with van der Waals surface area (Å²) in [6.45, 7) is 1.47. The van der Waals surface area contributed by atoms with E-state index in [0.717, 1.165) is 4.68 Å². The first-order valence-corrected chi connectivity index (χ1v) is 5.31. The number of rotatable bonds is 5. The lowest BCUT2D eigenvalue weighted by Gasteiger charge is -2.07. The van der Waals surface area contributed by atoms with E-state index in [4.69, 9.17) is 21.1 Å². The number of ether oxygens (including phenoxy) is 2. The van der Waals surface area contributed by atoms with E-state index in [9.17, 15) is 9.59 Å². The van der Waals surface area contributed by atoms with Gasteiger partial charge in [0.05, 0.1) is 17.8 Å². The van der Waals surface area contributed by atoms with Gasteiger partial charge in [0.25, 0.3) is 5.56 Å². The molecule has 0 amide bonds. The summed E-state index contributed by atoms with van der Waals surface area (Å²) < 4.78 is 10.7. The summed E-state index contributed by atoms with van der Waals surface area (Å²) in [4.78, 5) is 22.5. The van der Waals surface area contributed by atoms with Crippen molar-refractivity contribution in [2.75, 3.05) is 13.7 Å². The van der Waals surface area contributed by atoms with Gasteiger partial charge >= 0.3 is 5.97 Å². The molecule has 1 aromatic heterocycles. The molecule has 1 heterocycles. The summed E-state index contributed by atoms with van der Waals surface area (Å²) >= 11 is 5.86. The molecule has 0 N–H and O–H groups in total. The van der Waals surface area contributed by atoms with Gasteiger partial charge in [0.2, 0.25) is 0 Å². The fourth-order valence-corrected chi connectivity index (χ4v) is 1.47. The smallest absolute Gasteiger partial charge is 0.302 e. The molecule has 0 aliphatic heterocycles. The van der Waals surface area contributed by atoms with Crippen LogP contribution in [0.3, 0.4) is 0 Å². The second-order valence-corrected chi connectivity index (χ2v) is 3.69. The number of halogens is 1. The number of hydrogen-bond donors (Lipinski definition) is 0. The summed E-state index contributed by atoms with van der Waals surface area (Å²) in [5, 5.41) is 4.07. The average Bonchev–Trinajstić information content (AvgIpc) is 2.27. The first-order chi connectivity index (χ1) is 8.06. The van der Waals surface area contributed by atoms with Crippen LogP contribution >= 0.6 is 11.6 Å². The van der Waals surface area contributed by atoms with E-state index in [0.29, 0.717) is 5.56 Å². The Morgan fingerprint density at radius 2 is 2.29 bits per heavy atom. The van der Waals surface area contributed by atoms with Gasteiger partial charge in [0.1, 0.15) is 6.73 Å². The minimum atomic E-state index is -0.396. The number of carbonyl (C=O) groups is 1. The second-order valence-electron chi connectivity index (χ2n) is 3.28. The van der Waals surface area contributed by atoms with Gasteiger partial charge in [-0.3, -0.25) is 9.59 Å². The van der Waals surface area contributed by atoms with Crippen LogP contribution in [0.2, 0.25) is 5.02 Å². The van der Waals surface area contributed by atoms with E-state index in [1.165, 1.54) is 20.2 Å². The van der Waals surface area contributed by atoms with Gasteiger partial charge in [-0.2, -0.15) is 5.10 Å². The van der Waals surface area contributed by atoms with Crippen LogP contribution in [0, 0.1) is 0 Å². The first kappa shape index (κ1) is 13.7. The standard InChI is InChI=1S/C10H13ClN2O4/c1-7(14)17-4-3-8-9(11)5-12-13(6-16-2)10(8)15/h5H,3-4,6H2,1-2H3. The molecule has 7 heteroatoms. The van der Waals surface area contributed by atoms with Crippen molar-refractivity contribution < 1.29 is 14.3 Å². The first-order valence-electron chi connectivity index (χ1n) is 4.93. The Morgan fingerprint density at radius 3 is 2.88 bits per heavy atom. The van der Waals surface area contributed by atoms with Crippen LogP contribution in [-0.2, 0) is 27.4 Å². The molecule has 6 nitrogen and oxygen atoms in total. The topological polar surface area (TPSA) is 70.4 Å². The Kier molecular flexibility index (Phi) is 5.11. The molecule has 0 aromatic carbocycles. The molecule has 0 spiro atoms. The quantitative estimate of drug-likeness (QED) is 0.726. The van der Waals surface area contributed by atoms with Gasteiger partial charge < -0.3 is 9.47 Å². The highest BCUT2D eigenvalue weighted by atomic mass is 35.5. The summed E-state index contributed by atoms with van der Waals surface area (Å²) in [7, 11) is 1.46. The van der Waals surface area contributed by atoms with E-state index in [1.807, 2.05) is 0 Å². The summed E-state index contributed by atoms with van der Waals surface area (Å²) in [5.74, 6) is -0.396. The van der Waals surface area contributed by atoms with Crippen LogP contribution in [0.1, 0.15) is 12.5 Å². The Labute approximate surface area is 103 Å². The highest BCUT2D eigenvalue weighted by molar-refractivity contribution is 6.31. The van der Waals surface area contributed by atoms with Gasteiger partial charge in [-0.05, 0) is 0 Å². The summed E-state index contributed by atoms with van der Waals surface area (Å²) in [6.07, 6.45) is 1.62. The van der Waals surface area contributed by atoms with Gasteiger partial charge in [-0.15, -0.1) is 0 Å². The molecule has 0 fully saturated rings. The fourth-order valence-electron chi connectivity index (χ4n) is 1.25. The van der Waals surface area contributed by atoms with Crippen LogP contribution < -0.4 is 5.56 Å². The van der Waals surface area contributed by atoms with Gasteiger partial charge in [-0.25, -0.2) is 4.68 Å². The fraction of sp³-hybridized carbons (Fsp3) is 0.500. The van der Waals surface area contributed by atoms with Crippen LogP contribution in [0.25, 0.3) is 0 Å². The second kappa shape index (κ2) is 6.36. The maximum Gasteiger partial charge on any atom is 0.302 e. The van der Waals surface area contributed by atoms with Crippen molar-refractivity contribution in [2.24, 2.45) is 0 Å². The average molecular weight is 261 g/mol. The summed E-state index contributed by atoms with van der Waals surface area (Å²) in [6, 6.07) is 0. The van der Waals surface area contributed by atoms with E-state index in [2.05, 4.69) is 5.10 Å². The predicted octanol–water partition coefficient (Wildman–Crippen LogP) is 0.606. The van der Waals surface area contributed by atoms with Crippen molar-refractivity contribution in [3.8, 4) is 0 Å². The Bertz CT molecular complexity index is 458. The van der Waals surface area contributed by atoms with Gasteiger partial charge in [-0.1, -0.05) is 11.6 Å². The van der Waals surface area contributed by atoms with E-state index in [1.54, 1.807) is 0 Å². The molecule has 0 saturated carbocycles. The lowest BCUT2D eigenvalue weighted by atomic mass is 10.2. The zero-order chi connectivity index (χ0) is 12.8. The number of nitrogens with zero attached hydrogens (tertiary/aromatic N) is 2. The van der Waals surface area contributed by atoms with Gasteiger partial charge in [0, 0.05) is 26.0 Å². The maximum atomic E-state index is 11.9. The zero-order valence-electron chi connectivity index (χ0n) is 9.60. The molecule has 17 heavy (non-hydrogen) atoms. The van der Waals surface area contributed by atoms with Crippen molar-refractivity contribution >= 4 is 17.6 Å². The van der Waals surface area contributed by atoms with E-state index in [-0.39, 0.29) is 30.3 Å². The highest BCUT2D eigenvalue weighted by Gasteiger charge is 2.10. The van der Waals surface area contributed by atoms with Crippen molar-refractivity contribution in [3.63, 3.8) is 0 Å². The lowest BCUT2D eigenvalue weighted by Crippen LogP contribution is -2.27. The normalized spacial score (nSPS) is 10.3. The molecule has 0 radical (unpaired) electrons. The molecule has 1 rings (SSSR count). The Hall–Kier alpha value is -1.40. The van der Waals surface area contributed by atoms with Crippen molar-refractivity contribution in [1.82, 2.24) is 9.78 Å². The number of esters is 1.